The maximum atomic E-state index is 13.2. The molecule has 0 aromatic heterocycles. The first-order valence-electron chi connectivity index (χ1n) is 12.5. The third-order valence-electron chi connectivity index (χ3n) is 9.89. The molecule has 3 fully saturated rings. The normalized spacial score (nSPS) is 46.9. The highest BCUT2D eigenvalue weighted by atomic mass is 16.3. The summed E-state index contributed by atoms with van der Waals surface area (Å²) in [5, 5.41) is 42.9. The van der Waals surface area contributed by atoms with Crippen LogP contribution in [0.1, 0.15) is 86.0 Å². The maximum Gasteiger partial charge on any atom is 0.159 e. The van der Waals surface area contributed by atoms with Crippen LogP contribution in [0.4, 0.5) is 0 Å². The SMILES string of the molecule is CC(=CCCC(C)(C)O)[C@H]1CC[C@@]2(O)C3=CC(=O)[C@@H]4C[C@@H](O)[C@@H](O)C[C@]4(C)[C@H]3CC[C@]12C. The molecule has 0 heterocycles. The second kappa shape index (κ2) is 7.76. The van der Waals surface area contributed by atoms with E-state index in [1.165, 1.54) is 5.57 Å². The summed E-state index contributed by atoms with van der Waals surface area (Å²) in [5.74, 6) is 0.0192. The van der Waals surface area contributed by atoms with E-state index < -0.39 is 28.8 Å². The maximum absolute atomic E-state index is 13.2. The van der Waals surface area contributed by atoms with Gasteiger partial charge < -0.3 is 20.4 Å². The molecule has 0 unspecified atom stereocenters. The number of aliphatic hydroxyl groups is 4. The topological polar surface area (TPSA) is 98.0 Å². The Balaban J connectivity index is 1.65. The van der Waals surface area contributed by atoms with E-state index in [0.717, 1.165) is 31.3 Å². The predicted octanol–water partition coefficient (Wildman–Crippen LogP) is 3.69. The fourth-order valence-electron chi connectivity index (χ4n) is 7.90. The Bertz CT molecular complexity index is 837. The van der Waals surface area contributed by atoms with Crippen molar-refractivity contribution in [1.29, 1.82) is 0 Å². The molecule has 0 amide bonds. The number of carbonyl (C=O) groups is 1. The van der Waals surface area contributed by atoms with E-state index >= 15 is 0 Å². The lowest BCUT2D eigenvalue weighted by molar-refractivity contribution is -0.151. The Morgan fingerprint density at radius 2 is 1.84 bits per heavy atom. The first-order chi connectivity index (χ1) is 14.7. The van der Waals surface area contributed by atoms with Crippen LogP contribution in [-0.2, 0) is 4.79 Å². The van der Waals surface area contributed by atoms with Gasteiger partial charge in [0, 0.05) is 11.3 Å². The lowest BCUT2D eigenvalue weighted by Gasteiger charge is -2.60. The third-order valence-corrected chi connectivity index (χ3v) is 9.89. The van der Waals surface area contributed by atoms with Crippen LogP contribution < -0.4 is 0 Å². The Labute approximate surface area is 192 Å². The molecule has 8 atom stereocenters. The smallest absolute Gasteiger partial charge is 0.159 e. The number of hydrogen-bond donors (Lipinski definition) is 4. The van der Waals surface area contributed by atoms with Crippen LogP contribution in [0.15, 0.2) is 23.3 Å². The second-order valence-electron chi connectivity index (χ2n) is 12.4. The summed E-state index contributed by atoms with van der Waals surface area (Å²) in [5.41, 5.74) is -0.309. The van der Waals surface area contributed by atoms with Crippen LogP contribution in [0, 0.1) is 28.6 Å². The minimum Gasteiger partial charge on any atom is -0.390 e. The first-order valence-corrected chi connectivity index (χ1v) is 12.5. The molecular weight excluding hydrogens is 404 g/mol. The molecule has 0 spiro atoms. The number of carbonyl (C=O) groups excluding carboxylic acids is 1. The third kappa shape index (κ3) is 3.55. The average molecular weight is 447 g/mol. The lowest BCUT2D eigenvalue weighted by atomic mass is 9.46. The minimum absolute atomic E-state index is 0.00302. The molecule has 180 valence electrons. The lowest BCUT2D eigenvalue weighted by Crippen LogP contribution is -2.60. The Hall–Kier alpha value is -1.01. The van der Waals surface area contributed by atoms with Crippen molar-refractivity contribution < 1.29 is 25.2 Å². The molecule has 5 nitrogen and oxygen atoms in total. The Kier molecular flexibility index (Phi) is 5.85. The number of rotatable bonds is 4. The van der Waals surface area contributed by atoms with Gasteiger partial charge in [-0.3, -0.25) is 4.79 Å². The van der Waals surface area contributed by atoms with Crippen molar-refractivity contribution in [3.05, 3.63) is 23.3 Å². The highest BCUT2D eigenvalue weighted by Crippen LogP contribution is 2.68. The summed E-state index contributed by atoms with van der Waals surface area (Å²) in [4.78, 5) is 13.2. The number of hydrogen-bond acceptors (Lipinski definition) is 5. The highest BCUT2D eigenvalue weighted by Gasteiger charge is 2.66. The molecule has 0 aromatic carbocycles. The van der Waals surface area contributed by atoms with Crippen LogP contribution in [0.3, 0.4) is 0 Å². The summed E-state index contributed by atoms with van der Waals surface area (Å²) in [6.07, 6.45) is 7.79. The summed E-state index contributed by atoms with van der Waals surface area (Å²) in [6, 6.07) is 0. The minimum atomic E-state index is -1.02. The molecule has 0 radical (unpaired) electrons. The number of allylic oxidation sites excluding steroid dienone is 3. The van der Waals surface area contributed by atoms with Crippen molar-refractivity contribution in [1.82, 2.24) is 0 Å². The quantitative estimate of drug-likeness (QED) is 0.494. The van der Waals surface area contributed by atoms with Crippen LogP contribution >= 0.6 is 0 Å². The molecule has 5 heteroatoms. The van der Waals surface area contributed by atoms with E-state index in [-0.39, 0.29) is 29.0 Å². The van der Waals surface area contributed by atoms with E-state index in [4.69, 9.17) is 0 Å². The summed E-state index contributed by atoms with van der Waals surface area (Å²) in [6.45, 7) is 10.1. The van der Waals surface area contributed by atoms with E-state index in [1.54, 1.807) is 6.08 Å². The molecule has 0 bridgehead atoms. The molecule has 3 saturated carbocycles. The van der Waals surface area contributed by atoms with E-state index in [1.807, 2.05) is 13.8 Å². The fourth-order valence-corrected chi connectivity index (χ4v) is 7.90. The number of ketones is 1. The van der Waals surface area contributed by atoms with Gasteiger partial charge in [-0.25, -0.2) is 0 Å². The van der Waals surface area contributed by atoms with Crippen molar-refractivity contribution in [2.45, 2.75) is 109 Å². The highest BCUT2D eigenvalue weighted by molar-refractivity contribution is 5.95. The van der Waals surface area contributed by atoms with Crippen molar-refractivity contribution in [2.24, 2.45) is 28.6 Å². The Morgan fingerprint density at radius 1 is 1.16 bits per heavy atom. The van der Waals surface area contributed by atoms with E-state index in [0.29, 0.717) is 25.7 Å². The molecule has 4 N–H and O–H groups in total. The summed E-state index contributed by atoms with van der Waals surface area (Å²) in [7, 11) is 0. The molecule has 0 aromatic rings. The number of fused-ring (bicyclic) bond motifs is 5. The van der Waals surface area contributed by atoms with Crippen molar-refractivity contribution in [3.63, 3.8) is 0 Å². The van der Waals surface area contributed by atoms with Crippen LogP contribution in [0.25, 0.3) is 0 Å². The van der Waals surface area contributed by atoms with Gasteiger partial charge in [0.1, 0.15) is 0 Å². The molecule has 0 saturated heterocycles. The molecule has 4 rings (SSSR count). The summed E-state index contributed by atoms with van der Waals surface area (Å²) >= 11 is 0. The zero-order valence-corrected chi connectivity index (χ0v) is 20.4. The van der Waals surface area contributed by atoms with Crippen molar-refractivity contribution in [3.8, 4) is 0 Å². The van der Waals surface area contributed by atoms with Crippen molar-refractivity contribution >= 4 is 5.78 Å². The van der Waals surface area contributed by atoms with Gasteiger partial charge in [0.2, 0.25) is 0 Å². The molecule has 32 heavy (non-hydrogen) atoms. The van der Waals surface area contributed by atoms with Crippen LogP contribution in [-0.4, -0.2) is 49.6 Å². The molecule has 0 aliphatic heterocycles. The van der Waals surface area contributed by atoms with Gasteiger partial charge in [-0.15, -0.1) is 0 Å². The van der Waals surface area contributed by atoms with Gasteiger partial charge in [-0.2, -0.15) is 0 Å². The van der Waals surface area contributed by atoms with Crippen LogP contribution in [0.5, 0.6) is 0 Å². The summed E-state index contributed by atoms with van der Waals surface area (Å²) < 4.78 is 0. The van der Waals surface area contributed by atoms with Gasteiger partial charge in [0.25, 0.3) is 0 Å². The molecule has 4 aliphatic carbocycles. The predicted molar refractivity (Wildman–Crippen MR) is 124 cm³/mol. The zero-order valence-electron chi connectivity index (χ0n) is 20.4. The Morgan fingerprint density at radius 3 is 2.50 bits per heavy atom. The standard InChI is InChI=1S/C27H42O5/c1-16(7-6-10-24(2,3)31)17-9-12-27(32)19-13-21(28)20-14-22(29)23(30)15-25(20,4)18(19)8-11-26(17,27)5/h7,13,17-18,20,22-23,29-32H,6,8-12,14-15H2,1-5H3/t17-,18+,20+,22-,23+,25-,26-,27-/m1/s1. The monoisotopic (exact) mass is 446 g/mol. The average Bonchev–Trinajstić information content (AvgIpc) is 2.95. The van der Waals surface area contributed by atoms with E-state index in [9.17, 15) is 25.2 Å². The van der Waals surface area contributed by atoms with Gasteiger partial charge >= 0.3 is 0 Å². The molecule has 4 aliphatic rings. The molecular formula is C27H42O5. The number of aliphatic hydroxyl groups excluding tert-OH is 2. The van der Waals surface area contributed by atoms with Gasteiger partial charge in [-0.1, -0.05) is 25.5 Å². The van der Waals surface area contributed by atoms with Gasteiger partial charge in [-0.05, 0) is 101 Å². The fraction of sp³-hybridized carbons (Fsp3) is 0.815. The van der Waals surface area contributed by atoms with Gasteiger partial charge in [0.15, 0.2) is 5.78 Å². The van der Waals surface area contributed by atoms with Crippen LogP contribution in [0.2, 0.25) is 0 Å². The second-order valence-corrected chi connectivity index (χ2v) is 12.4. The van der Waals surface area contributed by atoms with Crippen molar-refractivity contribution in [2.75, 3.05) is 0 Å². The van der Waals surface area contributed by atoms with Gasteiger partial charge in [0.05, 0.1) is 23.4 Å². The largest absolute Gasteiger partial charge is 0.390 e. The van der Waals surface area contributed by atoms with E-state index in [2.05, 4.69) is 26.8 Å². The first kappa shape index (κ1) is 24.1. The zero-order chi connectivity index (χ0) is 23.7.